The van der Waals surface area contributed by atoms with Crippen molar-refractivity contribution in [3.05, 3.63) is 33.8 Å². The zero-order valence-corrected chi connectivity index (χ0v) is 17.7. The molecule has 0 saturated carbocycles. The first-order valence-electron chi connectivity index (χ1n) is 9.33. The number of guanidine groups is 1. The van der Waals surface area contributed by atoms with Gasteiger partial charge in [0.25, 0.3) is 0 Å². The van der Waals surface area contributed by atoms with E-state index in [1.807, 2.05) is 12.1 Å². The van der Waals surface area contributed by atoms with Crippen LogP contribution in [0.25, 0.3) is 0 Å². The molecule has 5 nitrogen and oxygen atoms in total. The smallest absolute Gasteiger partial charge is 0.191 e. The minimum absolute atomic E-state index is 0.0384. The Morgan fingerprint density at radius 2 is 1.88 bits per heavy atom. The summed E-state index contributed by atoms with van der Waals surface area (Å²) in [5.74, 6) is 0.812. The molecule has 2 unspecified atom stereocenters. The van der Waals surface area contributed by atoms with Crippen molar-refractivity contribution in [1.29, 1.82) is 0 Å². The summed E-state index contributed by atoms with van der Waals surface area (Å²) in [5, 5.41) is 8.08. The molecule has 0 aliphatic carbocycles. The Balaban J connectivity index is 1.97. The van der Waals surface area contributed by atoms with Gasteiger partial charge in [0.15, 0.2) is 5.96 Å². The number of likely N-dealkylation sites (N-methyl/N-ethyl adjacent to an activating group) is 1. The molecule has 7 heteroatoms. The van der Waals surface area contributed by atoms with Crippen molar-refractivity contribution in [2.24, 2.45) is 4.99 Å². The van der Waals surface area contributed by atoms with E-state index in [1.165, 1.54) is 0 Å². The Morgan fingerprint density at radius 1 is 1.19 bits per heavy atom. The number of rotatable bonds is 6. The molecule has 0 bridgehead atoms. The minimum Gasteiger partial charge on any atom is -0.357 e. The predicted molar refractivity (Wildman–Crippen MR) is 113 cm³/mol. The standard InChI is InChI=1S/C19H31Cl2N5/c1-5-22-19(23-13-14(2)26-10-8-25(4)9-11-26)24-15(3)17-7-6-16(20)12-18(17)21/h6-7,12,14-15H,5,8-11,13H2,1-4H3,(H2,22,23,24). The molecule has 2 rings (SSSR count). The summed E-state index contributed by atoms with van der Waals surface area (Å²) in [5.41, 5.74) is 1.01. The summed E-state index contributed by atoms with van der Waals surface area (Å²) in [4.78, 5) is 9.67. The van der Waals surface area contributed by atoms with Gasteiger partial charge < -0.3 is 15.5 Å². The van der Waals surface area contributed by atoms with Gasteiger partial charge in [0.05, 0.1) is 12.6 Å². The summed E-state index contributed by atoms with van der Waals surface area (Å²) < 4.78 is 0. The quantitative estimate of drug-likeness (QED) is 0.568. The monoisotopic (exact) mass is 399 g/mol. The van der Waals surface area contributed by atoms with Crippen LogP contribution in [0.5, 0.6) is 0 Å². The molecule has 1 aromatic rings. The lowest BCUT2D eigenvalue weighted by atomic mass is 10.1. The number of nitrogens with zero attached hydrogens (tertiary/aromatic N) is 3. The zero-order valence-electron chi connectivity index (χ0n) is 16.2. The van der Waals surface area contributed by atoms with Crippen LogP contribution in [-0.2, 0) is 0 Å². The first kappa shape index (κ1) is 21.3. The number of aliphatic imine (C=N–C) groups is 1. The van der Waals surface area contributed by atoms with Crippen LogP contribution in [0.4, 0.5) is 0 Å². The molecule has 2 N–H and O–H groups in total. The lowest BCUT2D eigenvalue weighted by Gasteiger charge is -2.36. The van der Waals surface area contributed by atoms with Gasteiger partial charge >= 0.3 is 0 Å². The van der Waals surface area contributed by atoms with Gasteiger partial charge in [-0.05, 0) is 45.5 Å². The van der Waals surface area contributed by atoms with Crippen LogP contribution in [0.2, 0.25) is 10.0 Å². The maximum atomic E-state index is 6.33. The predicted octanol–water partition coefficient (Wildman–Crippen LogP) is 3.25. The van der Waals surface area contributed by atoms with Gasteiger partial charge in [0.2, 0.25) is 0 Å². The maximum Gasteiger partial charge on any atom is 0.191 e. The number of hydrogen-bond acceptors (Lipinski definition) is 3. The largest absolute Gasteiger partial charge is 0.357 e. The van der Waals surface area contributed by atoms with Gasteiger partial charge in [-0.2, -0.15) is 0 Å². The van der Waals surface area contributed by atoms with Crippen molar-refractivity contribution in [1.82, 2.24) is 20.4 Å². The number of halogens is 2. The fourth-order valence-corrected chi connectivity index (χ4v) is 3.63. The molecule has 26 heavy (non-hydrogen) atoms. The molecule has 2 atom stereocenters. The second-order valence-electron chi connectivity index (χ2n) is 6.94. The molecular formula is C19H31Cl2N5. The van der Waals surface area contributed by atoms with E-state index in [2.05, 4.69) is 48.3 Å². The van der Waals surface area contributed by atoms with Crippen LogP contribution in [0, 0.1) is 0 Å². The third kappa shape index (κ3) is 6.31. The molecule has 0 amide bonds. The van der Waals surface area contributed by atoms with Crippen molar-refractivity contribution in [3.63, 3.8) is 0 Å². The SMILES string of the molecule is CCNC(=NCC(C)N1CCN(C)CC1)NC(C)c1ccc(Cl)cc1Cl. The molecule has 1 heterocycles. The first-order chi connectivity index (χ1) is 12.4. The lowest BCUT2D eigenvalue weighted by molar-refractivity contribution is 0.122. The fourth-order valence-electron chi connectivity index (χ4n) is 3.06. The van der Waals surface area contributed by atoms with Gasteiger partial charge in [-0.3, -0.25) is 9.89 Å². The Labute approximate surface area is 167 Å². The van der Waals surface area contributed by atoms with Gasteiger partial charge in [-0.25, -0.2) is 0 Å². The summed E-state index contributed by atoms with van der Waals surface area (Å²) in [6.07, 6.45) is 0. The number of hydrogen-bond donors (Lipinski definition) is 2. The third-order valence-corrected chi connectivity index (χ3v) is 5.36. The molecule has 0 radical (unpaired) electrons. The van der Waals surface area contributed by atoms with Crippen molar-refractivity contribution in [2.45, 2.75) is 32.9 Å². The van der Waals surface area contributed by atoms with Gasteiger partial charge in [0.1, 0.15) is 0 Å². The molecule has 1 aliphatic heterocycles. The van der Waals surface area contributed by atoms with Crippen molar-refractivity contribution >= 4 is 29.2 Å². The summed E-state index contributed by atoms with van der Waals surface area (Å²) >= 11 is 12.3. The van der Waals surface area contributed by atoms with Crippen LogP contribution in [0.15, 0.2) is 23.2 Å². The van der Waals surface area contributed by atoms with Crippen LogP contribution in [0.1, 0.15) is 32.4 Å². The van der Waals surface area contributed by atoms with Crippen LogP contribution < -0.4 is 10.6 Å². The molecule has 146 valence electrons. The molecular weight excluding hydrogens is 369 g/mol. The topological polar surface area (TPSA) is 42.9 Å². The van der Waals surface area contributed by atoms with E-state index in [-0.39, 0.29) is 6.04 Å². The Hall–Kier alpha value is -1.01. The summed E-state index contributed by atoms with van der Waals surface area (Å²) in [7, 11) is 2.18. The summed E-state index contributed by atoms with van der Waals surface area (Å²) in [6.45, 7) is 12.4. The van der Waals surface area contributed by atoms with Gasteiger partial charge in [-0.15, -0.1) is 0 Å². The van der Waals surface area contributed by atoms with E-state index in [0.717, 1.165) is 50.8 Å². The molecule has 0 aromatic heterocycles. The fraction of sp³-hybridized carbons (Fsp3) is 0.632. The second-order valence-corrected chi connectivity index (χ2v) is 7.78. The van der Waals surface area contributed by atoms with Gasteiger partial charge in [-0.1, -0.05) is 29.3 Å². The van der Waals surface area contributed by atoms with Crippen LogP contribution in [-0.4, -0.2) is 68.1 Å². The average Bonchev–Trinajstić information content (AvgIpc) is 2.60. The minimum atomic E-state index is 0.0384. The Bertz CT molecular complexity index is 600. The highest BCUT2D eigenvalue weighted by atomic mass is 35.5. The lowest BCUT2D eigenvalue weighted by Crippen LogP contribution is -2.49. The summed E-state index contributed by atoms with van der Waals surface area (Å²) in [6, 6.07) is 6.06. The molecule has 0 spiro atoms. The van der Waals surface area contributed by atoms with Crippen molar-refractivity contribution < 1.29 is 0 Å². The van der Waals surface area contributed by atoms with E-state index in [4.69, 9.17) is 28.2 Å². The highest BCUT2D eigenvalue weighted by molar-refractivity contribution is 6.35. The van der Waals surface area contributed by atoms with Crippen molar-refractivity contribution in [3.8, 4) is 0 Å². The van der Waals surface area contributed by atoms with Gasteiger partial charge in [0, 0.05) is 48.8 Å². The molecule has 1 aromatic carbocycles. The zero-order chi connectivity index (χ0) is 19.1. The van der Waals surface area contributed by atoms with E-state index in [0.29, 0.717) is 16.1 Å². The maximum absolute atomic E-state index is 6.33. The van der Waals surface area contributed by atoms with E-state index in [1.54, 1.807) is 6.07 Å². The third-order valence-electron chi connectivity index (χ3n) is 4.80. The number of benzene rings is 1. The second kappa shape index (κ2) is 10.4. The molecule has 1 saturated heterocycles. The van der Waals surface area contributed by atoms with E-state index < -0.39 is 0 Å². The highest BCUT2D eigenvalue weighted by Crippen LogP contribution is 2.26. The van der Waals surface area contributed by atoms with E-state index >= 15 is 0 Å². The van der Waals surface area contributed by atoms with Crippen LogP contribution >= 0.6 is 23.2 Å². The van der Waals surface area contributed by atoms with Crippen molar-refractivity contribution in [2.75, 3.05) is 46.3 Å². The first-order valence-corrected chi connectivity index (χ1v) is 10.1. The van der Waals surface area contributed by atoms with Crippen LogP contribution in [0.3, 0.4) is 0 Å². The molecule has 1 fully saturated rings. The Kier molecular flexibility index (Phi) is 8.48. The highest BCUT2D eigenvalue weighted by Gasteiger charge is 2.19. The van der Waals surface area contributed by atoms with E-state index in [9.17, 15) is 0 Å². The average molecular weight is 400 g/mol. The number of piperazine rings is 1. The normalized spacial score (nSPS) is 19.2. The molecule has 1 aliphatic rings. The Morgan fingerprint density at radius 3 is 2.50 bits per heavy atom. The number of nitrogens with one attached hydrogen (secondary N) is 2.